The standard InChI is InChI=1S/C9H11N3O3/c10-7-5(4-2-1-3-4)6(8(13)14)11-9(15)12-7/h4H,1-3H2,(H,13,14)(H3,10,11,12,15). The summed E-state index contributed by atoms with van der Waals surface area (Å²) in [5, 5.41) is 8.93. The first-order valence-electron chi connectivity index (χ1n) is 4.72. The van der Waals surface area contributed by atoms with E-state index in [1.807, 2.05) is 0 Å². The summed E-state index contributed by atoms with van der Waals surface area (Å²) in [7, 11) is 0. The normalized spacial score (nSPS) is 16.0. The molecule has 0 aliphatic heterocycles. The van der Waals surface area contributed by atoms with E-state index in [2.05, 4.69) is 9.97 Å². The van der Waals surface area contributed by atoms with E-state index in [9.17, 15) is 9.59 Å². The summed E-state index contributed by atoms with van der Waals surface area (Å²) in [6, 6.07) is 0. The summed E-state index contributed by atoms with van der Waals surface area (Å²) >= 11 is 0. The second kappa shape index (κ2) is 3.38. The van der Waals surface area contributed by atoms with Gasteiger partial charge in [-0.05, 0) is 18.8 Å². The molecule has 6 heteroatoms. The van der Waals surface area contributed by atoms with Crippen LogP contribution in [0.15, 0.2) is 4.79 Å². The van der Waals surface area contributed by atoms with E-state index >= 15 is 0 Å². The minimum Gasteiger partial charge on any atom is -0.477 e. The van der Waals surface area contributed by atoms with Gasteiger partial charge in [-0.25, -0.2) is 9.59 Å². The van der Waals surface area contributed by atoms with Gasteiger partial charge in [0.15, 0.2) is 0 Å². The third-order valence-electron chi connectivity index (χ3n) is 2.73. The minimum atomic E-state index is -1.16. The Morgan fingerprint density at radius 2 is 2.20 bits per heavy atom. The quantitative estimate of drug-likeness (QED) is 0.649. The van der Waals surface area contributed by atoms with Crippen molar-refractivity contribution in [3.05, 3.63) is 21.7 Å². The SMILES string of the molecule is Nc1nc(=O)[nH]c(C(=O)O)c1C1CCC1. The van der Waals surface area contributed by atoms with Crippen LogP contribution in [-0.4, -0.2) is 21.0 Å². The fourth-order valence-corrected chi connectivity index (χ4v) is 1.78. The molecule has 15 heavy (non-hydrogen) atoms. The fraction of sp³-hybridized carbons (Fsp3) is 0.444. The Balaban J connectivity index is 2.58. The van der Waals surface area contributed by atoms with Gasteiger partial charge in [-0.3, -0.25) is 4.98 Å². The Bertz CT molecular complexity index is 462. The number of nitrogen functional groups attached to an aromatic ring is 1. The molecule has 1 aromatic heterocycles. The van der Waals surface area contributed by atoms with Gasteiger partial charge < -0.3 is 10.8 Å². The Morgan fingerprint density at radius 1 is 1.53 bits per heavy atom. The number of nitrogens with zero attached hydrogens (tertiary/aromatic N) is 1. The van der Waals surface area contributed by atoms with Crippen molar-refractivity contribution in [2.45, 2.75) is 25.2 Å². The predicted molar refractivity (Wildman–Crippen MR) is 52.8 cm³/mol. The highest BCUT2D eigenvalue weighted by Gasteiger charge is 2.28. The van der Waals surface area contributed by atoms with E-state index in [0.717, 1.165) is 19.3 Å². The Labute approximate surface area is 85.1 Å². The van der Waals surface area contributed by atoms with Crippen LogP contribution in [0.3, 0.4) is 0 Å². The lowest BCUT2D eigenvalue weighted by Gasteiger charge is -2.27. The minimum absolute atomic E-state index is 0.0425. The van der Waals surface area contributed by atoms with Crippen LogP contribution in [0.5, 0.6) is 0 Å². The highest BCUT2D eigenvalue weighted by atomic mass is 16.4. The van der Waals surface area contributed by atoms with Crippen molar-refractivity contribution in [1.29, 1.82) is 0 Å². The predicted octanol–water partition coefficient (Wildman–Crippen LogP) is 0.318. The summed E-state index contributed by atoms with van der Waals surface area (Å²) < 4.78 is 0. The van der Waals surface area contributed by atoms with Crippen LogP contribution in [0.25, 0.3) is 0 Å². The number of H-pyrrole nitrogens is 1. The molecule has 0 radical (unpaired) electrons. The number of carbonyl (C=O) groups is 1. The number of carboxylic acids is 1. The monoisotopic (exact) mass is 209 g/mol. The third kappa shape index (κ3) is 1.58. The molecule has 0 bridgehead atoms. The first-order chi connectivity index (χ1) is 7.09. The van der Waals surface area contributed by atoms with Crippen molar-refractivity contribution in [2.75, 3.05) is 5.73 Å². The molecule has 80 valence electrons. The molecule has 1 aromatic rings. The lowest BCUT2D eigenvalue weighted by Crippen LogP contribution is -2.25. The van der Waals surface area contributed by atoms with Crippen LogP contribution < -0.4 is 11.4 Å². The second-order valence-corrected chi connectivity index (χ2v) is 3.65. The zero-order valence-electron chi connectivity index (χ0n) is 7.99. The van der Waals surface area contributed by atoms with Gasteiger partial charge in [0.2, 0.25) is 0 Å². The molecule has 2 rings (SSSR count). The summed E-state index contributed by atoms with van der Waals surface area (Å²) in [6.07, 6.45) is 2.86. The number of nitrogens with two attached hydrogens (primary N) is 1. The smallest absolute Gasteiger partial charge is 0.352 e. The van der Waals surface area contributed by atoms with Gasteiger partial charge >= 0.3 is 11.7 Å². The maximum Gasteiger partial charge on any atom is 0.352 e. The molecule has 0 atom stereocenters. The molecule has 6 nitrogen and oxygen atoms in total. The number of aromatic carboxylic acids is 1. The average Bonchev–Trinajstić information content (AvgIpc) is 2.05. The van der Waals surface area contributed by atoms with E-state index in [1.54, 1.807) is 0 Å². The van der Waals surface area contributed by atoms with Gasteiger partial charge in [0, 0.05) is 5.56 Å². The molecule has 4 N–H and O–H groups in total. The first kappa shape index (κ1) is 9.70. The van der Waals surface area contributed by atoms with Crippen LogP contribution >= 0.6 is 0 Å². The first-order valence-corrected chi connectivity index (χ1v) is 4.72. The number of nitrogens with one attached hydrogen (secondary N) is 1. The maximum atomic E-state index is 11.0. The van der Waals surface area contributed by atoms with Crippen LogP contribution in [0, 0.1) is 0 Å². The third-order valence-corrected chi connectivity index (χ3v) is 2.73. The van der Waals surface area contributed by atoms with E-state index < -0.39 is 11.7 Å². The van der Waals surface area contributed by atoms with Gasteiger partial charge in [0.1, 0.15) is 11.5 Å². The average molecular weight is 209 g/mol. The molecule has 0 aromatic carbocycles. The molecular weight excluding hydrogens is 198 g/mol. The lowest BCUT2D eigenvalue weighted by molar-refractivity contribution is 0.0687. The van der Waals surface area contributed by atoms with E-state index in [4.69, 9.17) is 10.8 Å². The maximum absolute atomic E-state index is 11.0. The number of hydrogen-bond donors (Lipinski definition) is 3. The molecule has 1 fully saturated rings. The molecule has 0 saturated heterocycles. The van der Waals surface area contributed by atoms with Crippen molar-refractivity contribution >= 4 is 11.8 Å². The van der Waals surface area contributed by atoms with Gasteiger partial charge in [-0.15, -0.1) is 0 Å². The van der Waals surface area contributed by atoms with Crippen molar-refractivity contribution < 1.29 is 9.90 Å². The van der Waals surface area contributed by atoms with Crippen molar-refractivity contribution in [3.63, 3.8) is 0 Å². The molecule has 0 amide bonds. The number of anilines is 1. The molecular formula is C9H11N3O3. The largest absolute Gasteiger partial charge is 0.477 e. The molecule has 0 unspecified atom stereocenters. The molecule has 1 saturated carbocycles. The summed E-state index contributed by atoms with van der Waals surface area (Å²) in [5.74, 6) is -0.996. The molecule has 1 aliphatic carbocycles. The number of carboxylic acid groups (broad SMARTS) is 1. The van der Waals surface area contributed by atoms with Gasteiger partial charge in [-0.1, -0.05) is 6.42 Å². The zero-order chi connectivity index (χ0) is 11.0. The molecule has 0 spiro atoms. The Morgan fingerprint density at radius 3 is 2.67 bits per heavy atom. The van der Waals surface area contributed by atoms with E-state index in [-0.39, 0.29) is 17.4 Å². The van der Waals surface area contributed by atoms with Crippen LogP contribution in [0.1, 0.15) is 41.2 Å². The lowest BCUT2D eigenvalue weighted by atomic mass is 9.79. The topological polar surface area (TPSA) is 109 Å². The molecule has 1 aliphatic rings. The summed E-state index contributed by atoms with van der Waals surface area (Å²) in [5.41, 5.74) is 5.23. The number of hydrogen-bond acceptors (Lipinski definition) is 4. The fourth-order valence-electron chi connectivity index (χ4n) is 1.78. The van der Waals surface area contributed by atoms with Crippen LogP contribution in [-0.2, 0) is 0 Å². The van der Waals surface area contributed by atoms with Gasteiger partial charge in [0.05, 0.1) is 0 Å². The number of aromatic amines is 1. The number of aromatic nitrogens is 2. The van der Waals surface area contributed by atoms with E-state index in [1.165, 1.54) is 0 Å². The van der Waals surface area contributed by atoms with Crippen molar-refractivity contribution in [1.82, 2.24) is 9.97 Å². The second-order valence-electron chi connectivity index (χ2n) is 3.65. The van der Waals surface area contributed by atoms with Crippen molar-refractivity contribution in [2.24, 2.45) is 0 Å². The van der Waals surface area contributed by atoms with Crippen LogP contribution in [0.2, 0.25) is 0 Å². The Kier molecular flexibility index (Phi) is 2.18. The van der Waals surface area contributed by atoms with E-state index in [0.29, 0.717) is 5.56 Å². The summed E-state index contributed by atoms with van der Waals surface area (Å²) in [6.45, 7) is 0. The zero-order valence-corrected chi connectivity index (χ0v) is 7.99. The van der Waals surface area contributed by atoms with Gasteiger partial charge in [0.25, 0.3) is 0 Å². The van der Waals surface area contributed by atoms with Crippen molar-refractivity contribution in [3.8, 4) is 0 Å². The highest BCUT2D eigenvalue weighted by Crippen LogP contribution is 2.39. The van der Waals surface area contributed by atoms with Crippen LogP contribution in [0.4, 0.5) is 5.82 Å². The molecule has 1 heterocycles. The van der Waals surface area contributed by atoms with Gasteiger partial charge in [-0.2, -0.15) is 4.98 Å². The number of rotatable bonds is 2. The summed E-state index contributed by atoms with van der Waals surface area (Å²) in [4.78, 5) is 27.6. The Hall–Kier alpha value is -1.85. The highest BCUT2D eigenvalue weighted by molar-refractivity contribution is 5.88.